The molecule has 1 atom stereocenters. The van der Waals surface area contributed by atoms with E-state index in [1.54, 1.807) is 6.92 Å². The van der Waals surface area contributed by atoms with Gasteiger partial charge in [0, 0.05) is 52.4 Å². The van der Waals surface area contributed by atoms with Crippen molar-refractivity contribution in [1.29, 1.82) is 0 Å². The van der Waals surface area contributed by atoms with E-state index in [1.807, 2.05) is 4.90 Å². The SMILES string of the molecule is C[C@H](N)C(=O)N1CCNCCNCCNCC1.O.[Zn+2]. The van der Waals surface area contributed by atoms with E-state index in [9.17, 15) is 4.79 Å². The van der Waals surface area contributed by atoms with Crippen molar-refractivity contribution in [2.24, 2.45) is 5.73 Å². The Balaban J connectivity index is 0. The molecule has 1 heterocycles. The van der Waals surface area contributed by atoms with Crippen molar-refractivity contribution in [2.75, 3.05) is 52.4 Å². The van der Waals surface area contributed by atoms with Gasteiger partial charge in [-0.3, -0.25) is 4.79 Å². The molecule has 0 aromatic carbocycles. The summed E-state index contributed by atoms with van der Waals surface area (Å²) in [4.78, 5) is 13.7. The first kappa shape index (κ1) is 21.2. The third kappa shape index (κ3) is 9.43. The molecule has 1 fully saturated rings. The first-order valence-electron chi connectivity index (χ1n) is 6.38. The van der Waals surface area contributed by atoms with Crippen molar-refractivity contribution < 1.29 is 29.7 Å². The van der Waals surface area contributed by atoms with Crippen molar-refractivity contribution in [2.45, 2.75) is 13.0 Å². The van der Waals surface area contributed by atoms with Gasteiger partial charge in [0.25, 0.3) is 0 Å². The normalized spacial score (nSPS) is 20.0. The topological polar surface area (TPSA) is 114 Å². The van der Waals surface area contributed by atoms with E-state index in [2.05, 4.69) is 16.0 Å². The number of hydrogen-bond acceptors (Lipinski definition) is 5. The van der Waals surface area contributed by atoms with Crippen LogP contribution in [0.3, 0.4) is 0 Å². The average molecular weight is 327 g/mol. The molecule has 0 saturated carbocycles. The summed E-state index contributed by atoms with van der Waals surface area (Å²) in [6.45, 7) is 8.61. The number of carbonyl (C=O) groups excluding carboxylic acids is 1. The van der Waals surface area contributed by atoms with Gasteiger partial charge in [-0.15, -0.1) is 0 Å². The van der Waals surface area contributed by atoms with E-state index >= 15 is 0 Å². The van der Waals surface area contributed by atoms with Crippen LogP contribution >= 0.6 is 0 Å². The molecule has 0 aromatic heterocycles. The molecular weight excluding hydrogens is 300 g/mol. The Bertz CT molecular complexity index is 219. The quantitative estimate of drug-likeness (QED) is 0.387. The van der Waals surface area contributed by atoms with Crippen LogP contribution in [0.2, 0.25) is 0 Å². The van der Waals surface area contributed by atoms with E-state index in [-0.39, 0.29) is 30.9 Å². The van der Waals surface area contributed by atoms with Crippen LogP contribution in [-0.2, 0) is 24.3 Å². The Labute approximate surface area is 128 Å². The van der Waals surface area contributed by atoms with E-state index in [0.29, 0.717) is 0 Å². The summed E-state index contributed by atoms with van der Waals surface area (Å²) in [5.41, 5.74) is 5.64. The third-order valence-corrected chi connectivity index (χ3v) is 2.78. The molecule has 1 rings (SSSR count). The Kier molecular flexibility index (Phi) is 14.4. The molecule has 0 aromatic rings. The largest absolute Gasteiger partial charge is 2.00 e. The number of nitrogens with two attached hydrogens (primary N) is 1. The van der Waals surface area contributed by atoms with Crippen LogP contribution in [0.15, 0.2) is 0 Å². The van der Waals surface area contributed by atoms with Gasteiger partial charge in [-0.1, -0.05) is 0 Å². The standard InChI is InChI=1S/C11H25N5O.H2O.Zn/c1-10(12)11(17)16-8-6-14-4-2-13-3-5-15-7-9-16;;/h10,13-15H,2-9,12H2,1H3;1H2;/q;;+2/t10-;;/m0../s1. The molecular formula is C11H27N5O2Zn+2. The molecule has 7 nitrogen and oxygen atoms in total. The van der Waals surface area contributed by atoms with E-state index in [4.69, 9.17) is 5.73 Å². The van der Waals surface area contributed by atoms with Crippen LogP contribution in [0.5, 0.6) is 0 Å². The fraction of sp³-hybridized carbons (Fsp3) is 0.909. The number of amides is 1. The molecule has 1 aliphatic heterocycles. The maximum Gasteiger partial charge on any atom is 2.00 e. The van der Waals surface area contributed by atoms with Crippen molar-refractivity contribution in [3.05, 3.63) is 0 Å². The van der Waals surface area contributed by atoms with E-state index in [1.165, 1.54) is 0 Å². The average Bonchev–Trinajstić information content (AvgIpc) is 2.29. The molecule has 1 aliphatic rings. The predicted octanol–water partition coefficient (Wildman–Crippen LogP) is -2.88. The summed E-state index contributed by atoms with van der Waals surface area (Å²) in [6.07, 6.45) is 0. The van der Waals surface area contributed by atoms with Gasteiger partial charge in [-0.2, -0.15) is 0 Å². The smallest absolute Gasteiger partial charge is 0.412 e. The van der Waals surface area contributed by atoms with Gasteiger partial charge in [-0.25, -0.2) is 0 Å². The van der Waals surface area contributed by atoms with Crippen molar-refractivity contribution in [1.82, 2.24) is 20.9 Å². The number of carbonyl (C=O) groups is 1. The van der Waals surface area contributed by atoms with Gasteiger partial charge < -0.3 is 32.1 Å². The predicted molar refractivity (Wildman–Crippen MR) is 72.5 cm³/mol. The van der Waals surface area contributed by atoms with E-state index < -0.39 is 6.04 Å². The van der Waals surface area contributed by atoms with Gasteiger partial charge >= 0.3 is 19.5 Å². The zero-order valence-corrected chi connectivity index (χ0v) is 14.8. The third-order valence-electron chi connectivity index (χ3n) is 2.78. The Morgan fingerprint density at radius 1 is 1.00 bits per heavy atom. The van der Waals surface area contributed by atoms with Crippen LogP contribution < -0.4 is 21.7 Å². The molecule has 0 spiro atoms. The summed E-state index contributed by atoms with van der Waals surface area (Å²) in [7, 11) is 0. The van der Waals surface area contributed by atoms with E-state index in [0.717, 1.165) is 52.4 Å². The number of nitrogens with one attached hydrogen (secondary N) is 3. The molecule has 108 valence electrons. The van der Waals surface area contributed by atoms with Crippen LogP contribution in [0.25, 0.3) is 0 Å². The minimum Gasteiger partial charge on any atom is -0.412 e. The minimum absolute atomic E-state index is 0. The summed E-state index contributed by atoms with van der Waals surface area (Å²) < 4.78 is 0. The summed E-state index contributed by atoms with van der Waals surface area (Å²) in [5, 5.41) is 9.95. The van der Waals surface area contributed by atoms with Crippen LogP contribution in [-0.4, -0.2) is 74.7 Å². The Hall–Kier alpha value is -0.107. The fourth-order valence-corrected chi connectivity index (χ4v) is 1.78. The van der Waals surface area contributed by atoms with Crippen LogP contribution in [0.1, 0.15) is 6.92 Å². The first-order chi connectivity index (χ1) is 8.22. The Morgan fingerprint density at radius 3 is 1.74 bits per heavy atom. The summed E-state index contributed by atoms with van der Waals surface area (Å²) in [6, 6.07) is -0.412. The van der Waals surface area contributed by atoms with Gasteiger partial charge in [-0.05, 0) is 6.92 Å². The molecule has 19 heavy (non-hydrogen) atoms. The summed E-state index contributed by atoms with van der Waals surface area (Å²) in [5.74, 6) is 0.0313. The van der Waals surface area contributed by atoms with Gasteiger partial charge in [0.05, 0.1) is 6.04 Å². The monoisotopic (exact) mass is 325 g/mol. The molecule has 1 amide bonds. The fourth-order valence-electron chi connectivity index (χ4n) is 1.78. The zero-order chi connectivity index (χ0) is 12.5. The maximum absolute atomic E-state index is 11.8. The molecule has 0 bridgehead atoms. The molecule has 1 saturated heterocycles. The summed E-state index contributed by atoms with van der Waals surface area (Å²) >= 11 is 0. The molecule has 8 heteroatoms. The zero-order valence-electron chi connectivity index (χ0n) is 11.9. The molecule has 7 N–H and O–H groups in total. The molecule has 0 aliphatic carbocycles. The second-order valence-corrected chi connectivity index (χ2v) is 4.36. The first-order valence-corrected chi connectivity index (χ1v) is 6.38. The number of nitrogens with zero attached hydrogens (tertiary/aromatic N) is 1. The van der Waals surface area contributed by atoms with Gasteiger partial charge in [0.1, 0.15) is 0 Å². The molecule has 0 unspecified atom stereocenters. The molecule has 0 radical (unpaired) electrons. The van der Waals surface area contributed by atoms with Gasteiger partial charge in [0.2, 0.25) is 5.91 Å². The van der Waals surface area contributed by atoms with Crippen molar-refractivity contribution >= 4 is 5.91 Å². The Morgan fingerprint density at radius 2 is 1.37 bits per heavy atom. The second-order valence-electron chi connectivity index (χ2n) is 4.36. The van der Waals surface area contributed by atoms with Crippen molar-refractivity contribution in [3.8, 4) is 0 Å². The van der Waals surface area contributed by atoms with Crippen molar-refractivity contribution in [3.63, 3.8) is 0 Å². The second kappa shape index (κ2) is 12.9. The van der Waals surface area contributed by atoms with Crippen LogP contribution in [0.4, 0.5) is 0 Å². The maximum atomic E-state index is 11.8. The number of hydrogen-bond donors (Lipinski definition) is 4. The van der Waals surface area contributed by atoms with Crippen LogP contribution in [0, 0.1) is 0 Å². The minimum atomic E-state index is -0.412. The van der Waals surface area contributed by atoms with Gasteiger partial charge in [0.15, 0.2) is 0 Å². The number of rotatable bonds is 1.